The van der Waals surface area contributed by atoms with Gasteiger partial charge in [-0.05, 0) is 33.7 Å². The third kappa shape index (κ3) is 1.90. The summed E-state index contributed by atoms with van der Waals surface area (Å²) in [6.07, 6.45) is 2.51. The molecule has 2 amide bonds. The van der Waals surface area contributed by atoms with Gasteiger partial charge in [0.2, 0.25) is 0 Å². The van der Waals surface area contributed by atoms with Gasteiger partial charge in [-0.25, -0.2) is 4.79 Å². The Kier molecular flexibility index (Phi) is 3.38. The number of hydrogen-bond acceptors (Lipinski definition) is 2. The first kappa shape index (κ1) is 11.7. The molecule has 92 valence electrons. The molecule has 2 aliphatic rings. The van der Waals surface area contributed by atoms with E-state index in [0.717, 1.165) is 26.2 Å². The zero-order valence-corrected chi connectivity index (χ0v) is 10.6. The number of hydrogen-bond donors (Lipinski definition) is 0. The zero-order valence-electron chi connectivity index (χ0n) is 10.6. The van der Waals surface area contributed by atoms with Gasteiger partial charge in [-0.15, -0.1) is 0 Å². The predicted octanol–water partition coefficient (Wildman–Crippen LogP) is 1.23. The van der Waals surface area contributed by atoms with Crippen molar-refractivity contribution in [3.8, 4) is 0 Å². The number of likely N-dealkylation sites (N-methyl/N-ethyl adjacent to an activating group) is 1. The van der Waals surface area contributed by atoms with E-state index in [9.17, 15) is 4.79 Å². The number of carbonyl (C=O) groups is 1. The maximum Gasteiger partial charge on any atom is 0.320 e. The van der Waals surface area contributed by atoms with Crippen LogP contribution in [-0.4, -0.2) is 66.0 Å². The maximum atomic E-state index is 12.2. The minimum atomic E-state index is 0.231. The van der Waals surface area contributed by atoms with Crippen LogP contribution in [-0.2, 0) is 0 Å². The third-order valence-corrected chi connectivity index (χ3v) is 4.15. The topological polar surface area (TPSA) is 26.8 Å². The lowest BCUT2D eigenvalue weighted by atomic mass is 10.2. The fraction of sp³-hybridized carbons (Fsp3) is 0.917. The Bertz CT molecular complexity index is 251. The first-order valence-corrected chi connectivity index (χ1v) is 6.43. The van der Waals surface area contributed by atoms with Gasteiger partial charge in [0, 0.05) is 38.3 Å². The van der Waals surface area contributed by atoms with Gasteiger partial charge in [0.25, 0.3) is 0 Å². The zero-order chi connectivity index (χ0) is 11.7. The van der Waals surface area contributed by atoms with E-state index in [4.69, 9.17) is 0 Å². The Balaban J connectivity index is 1.99. The highest BCUT2D eigenvalue weighted by Crippen LogP contribution is 2.28. The van der Waals surface area contributed by atoms with Gasteiger partial charge in [0.15, 0.2) is 0 Å². The Morgan fingerprint density at radius 2 is 1.69 bits per heavy atom. The number of urea groups is 1. The molecule has 2 bridgehead atoms. The van der Waals surface area contributed by atoms with E-state index in [1.807, 2.05) is 18.7 Å². The molecular weight excluding hydrogens is 202 g/mol. The van der Waals surface area contributed by atoms with Gasteiger partial charge in [-0.2, -0.15) is 0 Å². The lowest BCUT2D eigenvalue weighted by Crippen LogP contribution is -2.56. The Labute approximate surface area is 98.2 Å². The van der Waals surface area contributed by atoms with Crippen molar-refractivity contribution in [1.29, 1.82) is 0 Å². The maximum absolute atomic E-state index is 12.2. The average molecular weight is 225 g/mol. The first-order chi connectivity index (χ1) is 7.67. The molecule has 0 N–H and O–H groups in total. The number of rotatable bonds is 2. The van der Waals surface area contributed by atoms with Crippen LogP contribution in [0.1, 0.15) is 26.7 Å². The molecular formula is C12H23N3O. The number of likely N-dealkylation sites (tertiary alicyclic amines) is 1. The summed E-state index contributed by atoms with van der Waals surface area (Å²) in [7, 11) is 2.20. The summed E-state index contributed by atoms with van der Waals surface area (Å²) in [6, 6.07) is 1.42. The summed E-state index contributed by atoms with van der Waals surface area (Å²) in [5.41, 5.74) is 0. The lowest BCUT2D eigenvalue weighted by Gasteiger charge is -2.40. The van der Waals surface area contributed by atoms with Gasteiger partial charge >= 0.3 is 6.03 Å². The molecule has 4 nitrogen and oxygen atoms in total. The van der Waals surface area contributed by atoms with Crippen LogP contribution in [0.5, 0.6) is 0 Å². The molecule has 2 rings (SSSR count). The molecule has 0 aromatic heterocycles. The largest absolute Gasteiger partial charge is 0.325 e. The number of piperazine rings is 1. The van der Waals surface area contributed by atoms with E-state index in [2.05, 4.69) is 16.8 Å². The number of fused-ring (bicyclic) bond motifs is 2. The van der Waals surface area contributed by atoms with E-state index in [0.29, 0.717) is 12.1 Å². The van der Waals surface area contributed by atoms with E-state index in [-0.39, 0.29) is 6.03 Å². The minimum absolute atomic E-state index is 0.231. The van der Waals surface area contributed by atoms with Gasteiger partial charge in [0.1, 0.15) is 0 Å². The van der Waals surface area contributed by atoms with E-state index >= 15 is 0 Å². The van der Waals surface area contributed by atoms with Crippen molar-refractivity contribution in [1.82, 2.24) is 14.7 Å². The Hall–Kier alpha value is -0.770. The van der Waals surface area contributed by atoms with Gasteiger partial charge in [-0.1, -0.05) is 0 Å². The van der Waals surface area contributed by atoms with Gasteiger partial charge < -0.3 is 9.80 Å². The molecule has 2 unspecified atom stereocenters. The second kappa shape index (κ2) is 4.62. The molecule has 0 saturated carbocycles. The second-order valence-corrected chi connectivity index (χ2v) is 4.91. The summed E-state index contributed by atoms with van der Waals surface area (Å²) in [5.74, 6) is 0. The molecule has 2 atom stereocenters. The van der Waals surface area contributed by atoms with Crippen LogP contribution in [0.25, 0.3) is 0 Å². The third-order valence-electron chi connectivity index (χ3n) is 4.15. The number of nitrogens with zero attached hydrogens (tertiary/aromatic N) is 3. The molecule has 0 aliphatic carbocycles. The standard InChI is InChI=1S/C12H23N3O/c1-4-14(5-2)12(16)15-8-10-6-7-11(9-15)13(10)3/h10-11H,4-9H2,1-3H3. The summed E-state index contributed by atoms with van der Waals surface area (Å²) >= 11 is 0. The summed E-state index contributed by atoms with van der Waals surface area (Å²) in [6.45, 7) is 7.57. The van der Waals surface area contributed by atoms with E-state index in [1.54, 1.807) is 0 Å². The fourth-order valence-electron chi connectivity index (χ4n) is 2.96. The number of amides is 2. The second-order valence-electron chi connectivity index (χ2n) is 4.91. The van der Waals surface area contributed by atoms with Crippen molar-refractivity contribution in [2.45, 2.75) is 38.8 Å². The van der Waals surface area contributed by atoms with Crippen LogP contribution in [0.15, 0.2) is 0 Å². The summed E-state index contributed by atoms with van der Waals surface area (Å²) in [4.78, 5) is 18.6. The SMILES string of the molecule is CCN(CC)C(=O)N1CC2CCC(C1)N2C. The molecule has 4 heteroatoms. The lowest BCUT2D eigenvalue weighted by molar-refractivity contribution is 0.0864. The summed E-state index contributed by atoms with van der Waals surface area (Å²) < 4.78 is 0. The molecule has 16 heavy (non-hydrogen) atoms. The molecule has 2 saturated heterocycles. The number of carbonyl (C=O) groups excluding carboxylic acids is 1. The molecule has 2 aliphatic heterocycles. The van der Waals surface area contributed by atoms with Crippen molar-refractivity contribution in [3.63, 3.8) is 0 Å². The minimum Gasteiger partial charge on any atom is -0.325 e. The highest BCUT2D eigenvalue weighted by Gasteiger charge is 2.39. The molecule has 2 heterocycles. The van der Waals surface area contributed by atoms with Crippen molar-refractivity contribution in [3.05, 3.63) is 0 Å². The van der Waals surface area contributed by atoms with E-state index < -0.39 is 0 Å². The quantitative estimate of drug-likeness (QED) is 0.706. The predicted molar refractivity (Wildman–Crippen MR) is 64.5 cm³/mol. The Morgan fingerprint density at radius 1 is 1.19 bits per heavy atom. The normalized spacial score (nSPS) is 29.6. The van der Waals surface area contributed by atoms with Crippen molar-refractivity contribution < 1.29 is 4.79 Å². The van der Waals surface area contributed by atoms with Crippen LogP contribution >= 0.6 is 0 Å². The van der Waals surface area contributed by atoms with Crippen LogP contribution < -0.4 is 0 Å². The van der Waals surface area contributed by atoms with Crippen LogP contribution in [0.4, 0.5) is 4.79 Å². The molecule has 0 radical (unpaired) electrons. The monoisotopic (exact) mass is 225 g/mol. The van der Waals surface area contributed by atoms with Crippen molar-refractivity contribution >= 4 is 6.03 Å². The van der Waals surface area contributed by atoms with Gasteiger partial charge in [-0.3, -0.25) is 4.90 Å². The molecule has 0 aromatic carbocycles. The van der Waals surface area contributed by atoms with Crippen LogP contribution in [0.2, 0.25) is 0 Å². The van der Waals surface area contributed by atoms with Crippen LogP contribution in [0.3, 0.4) is 0 Å². The molecule has 0 spiro atoms. The molecule has 0 aromatic rings. The van der Waals surface area contributed by atoms with E-state index in [1.165, 1.54) is 12.8 Å². The highest BCUT2D eigenvalue weighted by atomic mass is 16.2. The average Bonchev–Trinajstić information content (AvgIpc) is 2.54. The van der Waals surface area contributed by atoms with Crippen LogP contribution in [0, 0.1) is 0 Å². The summed E-state index contributed by atoms with van der Waals surface area (Å²) in [5, 5.41) is 0. The van der Waals surface area contributed by atoms with Gasteiger partial charge in [0.05, 0.1) is 0 Å². The fourth-order valence-corrected chi connectivity index (χ4v) is 2.96. The first-order valence-electron chi connectivity index (χ1n) is 6.43. The smallest absolute Gasteiger partial charge is 0.320 e. The Morgan fingerprint density at radius 3 is 2.12 bits per heavy atom. The van der Waals surface area contributed by atoms with Crippen molar-refractivity contribution in [2.75, 3.05) is 33.2 Å². The highest BCUT2D eigenvalue weighted by molar-refractivity contribution is 5.74. The molecule has 2 fully saturated rings. The van der Waals surface area contributed by atoms with Crippen molar-refractivity contribution in [2.24, 2.45) is 0 Å².